The van der Waals surface area contributed by atoms with Crippen molar-refractivity contribution in [3.63, 3.8) is 0 Å². The first kappa shape index (κ1) is 22.8. The predicted octanol–water partition coefficient (Wildman–Crippen LogP) is 6.56. The van der Waals surface area contributed by atoms with E-state index in [-0.39, 0.29) is 5.91 Å². The van der Waals surface area contributed by atoms with Crippen molar-refractivity contribution >= 4 is 23.4 Å². The molecule has 1 N–H and O–H groups in total. The van der Waals surface area contributed by atoms with Crippen LogP contribution in [0.2, 0.25) is 0 Å². The molecule has 162 valence electrons. The van der Waals surface area contributed by atoms with Crippen LogP contribution < -0.4 is 14.8 Å². The van der Waals surface area contributed by atoms with Gasteiger partial charge in [0, 0.05) is 21.7 Å². The van der Waals surface area contributed by atoms with Gasteiger partial charge in [0.05, 0.1) is 6.61 Å². The molecule has 1 amide bonds. The fraction of sp³-hybridized carbons (Fsp3) is 0.269. The largest absolute Gasteiger partial charge is 0.493 e. The highest BCUT2D eigenvalue weighted by Gasteiger charge is 2.13. The first-order valence-corrected chi connectivity index (χ1v) is 11.6. The second-order valence-corrected chi connectivity index (χ2v) is 8.31. The molecule has 0 unspecified atom stereocenters. The molecule has 4 nitrogen and oxygen atoms in total. The summed E-state index contributed by atoms with van der Waals surface area (Å²) in [5.74, 6) is 1.42. The third-order valence-electron chi connectivity index (χ3n) is 5.10. The SMILES string of the molecule is CCOc1ccc(C(=O)Nc2cccc(SC)c2)cc1COc1cc(C)cc(C)c1C. The number of hydrogen-bond acceptors (Lipinski definition) is 4. The molecule has 3 aromatic carbocycles. The number of hydrogen-bond donors (Lipinski definition) is 1. The molecule has 3 aromatic rings. The van der Waals surface area contributed by atoms with Crippen molar-refractivity contribution in [2.75, 3.05) is 18.2 Å². The van der Waals surface area contributed by atoms with Crippen LogP contribution in [0.25, 0.3) is 0 Å². The molecule has 0 heterocycles. The lowest BCUT2D eigenvalue weighted by Crippen LogP contribution is -2.13. The van der Waals surface area contributed by atoms with E-state index in [1.165, 1.54) is 5.56 Å². The Morgan fingerprint density at radius 2 is 1.77 bits per heavy atom. The third kappa shape index (κ3) is 5.82. The second-order valence-electron chi connectivity index (χ2n) is 7.44. The average molecular weight is 436 g/mol. The standard InChI is InChI=1S/C26H29NO3S/c1-6-29-24-11-10-20(26(28)27-22-8-7-9-23(15-22)31-5)14-21(24)16-30-25-13-17(2)12-18(3)19(25)4/h7-15H,6,16H2,1-5H3,(H,27,28). The number of aryl methyl sites for hydroxylation is 2. The summed E-state index contributed by atoms with van der Waals surface area (Å²) >= 11 is 1.64. The number of ether oxygens (including phenoxy) is 2. The molecule has 0 atom stereocenters. The first-order chi connectivity index (χ1) is 14.9. The van der Waals surface area contributed by atoms with Gasteiger partial charge < -0.3 is 14.8 Å². The minimum absolute atomic E-state index is 0.162. The van der Waals surface area contributed by atoms with Crippen LogP contribution >= 0.6 is 11.8 Å². The van der Waals surface area contributed by atoms with Crippen molar-refractivity contribution in [3.05, 3.63) is 82.4 Å². The molecule has 0 saturated heterocycles. The number of thioether (sulfide) groups is 1. The zero-order valence-electron chi connectivity index (χ0n) is 18.7. The fourth-order valence-electron chi connectivity index (χ4n) is 3.34. The number of nitrogens with one attached hydrogen (secondary N) is 1. The van der Waals surface area contributed by atoms with Crippen LogP contribution in [0.1, 0.15) is 39.5 Å². The molecule has 0 aromatic heterocycles. The maximum absolute atomic E-state index is 12.9. The maximum Gasteiger partial charge on any atom is 0.255 e. The predicted molar refractivity (Wildman–Crippen MR) is 129 cm³/mol. The van der Waals surface area contributed by atoms with E-state index in [1.54, 1.807) is 17.8 Å². The van der Waals surface area contributed by atoms with E-state index < -0.39 is 0 Å². The van der Waals surface area contributed by atoms with Gasteiger partial charge in [-0.1, -0.05) is 12.1 Å². The van der Waals surface area contributed by atoms with Crippen molar-refractivity contribution in [3.8, 4) is 11.5 Å². The summed E-state index contributed by atoms with van der Waals surface area (Å²) in [6.45, 7) is 9.00. The Morgan fingerprint density at radius 1 is 0.968 bits per heavy atom. The van der Waals surface area contributed by atoms with Crippen LogP contribution in [-0.4, -0.2) is 18.8 Å². The Morgan fingerprint density at radius 3 is 2.52 bits per heavy atom. The van der Waals surface area contributed by atoms with Gasteiger partial charge in [-0.3, -0.25) is 4.79 Å². The van der Waals surface area contributed by atoms with Crippen LogP contribution in [0.4, 0.5) is 5.69 Å². The molecule has 3 rings (SSSR count). The average Bonchev–Trinajstić information content (AvgIpc) is 2.76. The number of carbonyl (C=O) groups excluding carboxylic acids is 1. The third-order valence-corrected chi connectivity index (χ3v) is 5.82. The molecule has 0 aliphatic rings. The van der Waals surface area contributed by atoms with Gasteiger partial charge in [0.1, 0.15) is 18.1 Å². The molecular formula is C26H29NO3S. The molecule has 0 aliphatic heterocycles. The summed E-state index contributed by atoms with van der Waals surface area (Å²) in [7, 11) is 0. The van der Waals surface area contributed by atoms with Gasteiger partial charge in [0.2, 0.25) is 0 Å². The molecule has 0 radical (unpaired) electrons. The van der Waals surface area contributed by atoms with Crippen LogP contribution in [-0.2, 0) is 6.61 Å². The van der Waals surface area contributed by atoms with E-state index in [1.807, 2.05) is 55.6 Å². The van der Waals surface area contributed by atoms with Gasteiger partial charge >= 0.3 is 0 Å². The molecule has 0 spiro atoms. The lowest BCUT2D eigenvalue weighted by Gasteiger charge is -2.16. The Kier molecular flexibility index (Phi) is 7.64. The summed E-state index contributed by atoms with van der Waals surface area (Å²) in [5, 5.41) is 2.98. The van der Waals surface area contributed by atoms with E-state index in [2.05, 4.69) is 32.2 Å². The summed E-state index contributed by atoms with van der Waals surface area (Å²) in [4.78, 5) is 14.0. The number of amides is 1. The number of benzene rings is 3. The Bertz CT molecular complexity index is 1080. The van der Waals surface area contributed by atoms with Crippen molar-refractivity contribution in [1.29, 1.82) is 0 Å². The van der Waals surface area contributed by atoms with Crippen LogP contribution in [0.5, 0.6) is 11.5 Å². The lowest BCUT2D eigenvalue weighted by molar-refractivity contribution is 0.102. The van der Waals surface area contributed by atoms with Gasteiger partial charge in [0.25, 0.3) is 5.91 Å². The molecule has 5 heteroatoms. The first-order valence-electron chi connectivity index (χ1n) is 10.3. The zero-order chi connectivity index (χ0) is 22.4. The van der Waals surface area contributed by atoms with E-state index in [0.29, 0.717) is 18.8 Å². The van der Waals surface area contributed by atoms with Crippen LogP contribution in [0.15, 0.2) is 59.5 Å². The molecule has 0 aliphatic carbocycles. The molecule has 0 saturated carbocycles. The zero-order valence-corrected chi connectivity index (χ0v) is 19.6. The molecule has 0 fully saturated rings. The van der Waals surface area contributed by atoms with Gasteiger partial charge in [-0.25, -0.2) is 0 Å². The van der Waals surface area contributed by atoms with Crippen molar-refractivity contribution in [2.45, 2.75) is 39.2 Å². The minimum Gasteiger partial charge on any atom is -0.493 e. The van der Waals surface area contributed by atoms with E-state index in [0.717, 1.165) is 38.8 Å². The Balaban J connectivity index is 1.82. The van der Waals surface area contributed by atoms with Gasteiger partial charge in [-0.05, 0) is 93.1 Å². The van der Waals surface area contributed by atoms with Crippen LogP contribution in [0, 0.1) is 20.8 Å². The quantitative estimate of drug-likeness (QED) is 0.407. The summed E-state index contributed by atoms with van der Waals surface area (Å²) in [6.07, 6.45) is 2.01. The molecule has 31 heavy (non-hydrogen) atoms. The Hall–Kier alpha value is -2.92. The van der Waals surface area contributed by atoms with Crippen molar-refractivity contribution < 1.29 is 14.3 Å². The maximum atomic E-state index is 12.9. The molecule has 0 bridgehead atoms. The smallest absolute Gasteiger partial charge is 0.255 e. The lowest BCUT2D eigenvalue weighted by atomic mass is 10.1. The van der Waals surface area contributed by atoms with E-state index in [9.17, 15) is 4.79 Å². The number of carbonyl (C=O) groups is 1. The molecular weight excluding hydrogens is 406 g/mol. The monoisotopic (exact) mass is 435 g/mol. The number of rotatable bonds is 8. The van der Waals surface area contributed by atoms with E-state index >= 15 is 0 Å². The summed E-state index contributed by atoms with van der Waals surface area (Å²) in [6, 6.07) is 17.4. The Labute approximate surface area is 189 Å². The van der Waals surface area contributed by atoms with Gasteiger partial charge in [-0.15, -0.1) is 11.8 Å². The fourth-order valence-corrected chi connectivity index (χ4v) is 3.80. The highest BCUT2D eigenvalue weighted by Crippen LogP contribution is 2.27. The summed E-state index contributed by atoms with van der Waals surface area (Å²) in [5.41, 5.74) is 5.64. The van der Waals surface area contributed by atoms with Crippen molar-refractivity contribution in [2.24, 2.45) is 0 Å². The minimum atomic E-state index is -0.162. The van der Waals surface area contributed by atoms with Crippen molar-refractivity contribution in [1.82, 2.24) is 0 Å². The normalized spacial score (nSPS) is 10.6. The topological polar surface area (TPSA) is 47.6 Å². The van der Waals surface area contributed by atoms with E-state index in [4.69, 9.17) is 9.47 Å². The highest BCUT2D eigenvalue weighted by molar-refractivity contribution is 7.98. The summed E-state index contributed by atoms with van der Waals surface area (Å²) < 4.78 is 11.9. The van der Waals surface area contributed by atoms with Gasteiger partial charge in [0.15, 0.2) is 0 Å². The van der Waals surface area contributed by atoms with Crippen LogP contribution in [0.3, 0.4) is 0 Å². The highest BCUT2D eigenvalue weighted by atomic mass is 32.2. The second kappa shape index (κ2) is 10.4. The van der Waals surface area contributed by atoms with Gasteiger partial charge in [-0.2, -0.15) is 0 Å². The number of anilines is 1.